The fourth-order valence-corrected chi connectivity index (χ4v) is 2.46. The summed E-state index contributed by atoms with van der Waals surface area (Å²) in [4.78, 5) is 11.5. The van der Waals surface area contributed by atoms with Crippen LogP contribution in [-0.4, -0.2) is 12.1 Å². The van der Waals surface area contributed by atoms with Gasteiger partial charge in [0.25, 0.3) is 0 Å². The number of ether oxygens (including phenoxy) is 1. The van der Waals surface area contributed by atoms with Gasteiger partial charge in [0.15, 0.2) is 0 Å². The van der Waals surface area contributed by atoms with Crippen LogP contribution in [-0.2, 0) is 9.53 Å². The molecule has 1 aliphatic rings. The van der Waals surface area contributed by atoms with Gasteiger partial charge in [-0.05, 0) is 44.1 Å². The minimum absolute atomic E-state index is 0.0700. The van der Waals surface area contributed by atoms with Gasteiger partial charge in [0.05, 0.1) is 0 Å². The zero-order valence-electron chi connectivity index (χ0n) is 12.0. The zero-order chi connectivity index (χ0) is 14.4. The first kappa shape index (κ1) is 14.6. The van der Waals surface area contributed by atoms with Crippen molar-refractivity contribution < 1.29 is 9.53 Å². The van der Waals surface area contributed by atoms with Crippen LogP contribution in [0.4, 0.5) is 0 Å². The first-order chi connectivity index (χ1) is 9.65. The molecule has 1 aromatic rings. The van der Waals surface area contributed by atoms with Gasteiger partial charge in [-0.2, -0.15) is 0 Å². The minimum atomic E-state index is -0.256. The number of rotatable bonds is 4. The maximum Gasteiger partial charge on any atom is 0.333 e. The molecule has 0 atom stereocenters. The highest BCUT2D eigenvalue weighted by Crippen LogP contribution is 2.28. The van der Waals surface area contributed by atoms with E-state index in [-0.39, 0.29) is 12.1 Å². The molecular formula is C18H22O2. The number of allylic oxidation sites excluding steroid dienone is 1. The largest absolute Gasteiger partial charge is 0.459 e. The highest BCUT2D eigenvalue weighted by atomic mass is 16.5. The molecule has 0 N–H and O–H groups in total. The summed E-state index contributed by atoms with van der Waals surface area (Å²) < 4.78 is 5.40. The number of carbonyl (C=O) groups excluding carboxylic acids is 1. The van der Waals surface area contributed by atoms with Crippen molar-refractivity contribution >= 4 is 12.0 Å². The van der Waals surface area contributed by atoms with Crippen LogP contribution in [0.2, 0.25) is 0 Å². The van der Waals surface area contributed by atoms with Gasteiger partial charge < -0.3 is 4.74 Å². The molecule has 0 aromatic heterocycles. The lowest BCUT2D eigenvalue weighted by molar-refractivity contribution is -0.145. The predicted octanol–water partition coefficient (Wildman–Crippen LogP) is 4.38. The van der Waals surface area contributed by atoms with E-state index in [1.165, 1.54) is 5.56 Å². The lowest BCUT2D eigenvalue weighted by atomic mass is 9.87. The molecule has 1 aliphatic carbocycles. The molecule has 0 radical (unpaired) electrons. The molecule has 106 valence electrons. The average Bonchev–Trinajstić information content (AvgIpc) is 2.47. The summed E-state index contributed by atoms with van der Waals surface area (Å²) in [7, 11) is 0. The van der Waals surface area contributed by atoms with Gasteiger partial charge in [-0.1, -0.05) is 49.1 Å². The van der Waals surface area contributed by atoms with Crippen LogP contribution in [0.1, 0.15) is 38.2 Å². The summed E-state index contributed by atoms with van der Waals surface area (Å²) in [5.41, 5.74) is 1.72. The molecule has 0 amide bonds. The first-order valence-electron chi connectivity index (χ1n) is 7.25. The first-order valence-corrected chi connectivity index (χ1v) is 7.25. The monoisotopic (exact) mass is 270 g/mol. The maximum atomic E-state index is 11.5. The van der Waals surface area contributed by atoms with Crippen LogP contribution < -0.4 is 0 Å². The Labute approximate surface area is 121 Å². The molecule has 0 saturated heterocycles. The Morgan fingerprint density at radius 3 is 2.45 bits per heavy atom. The average molecular weight is 270 g/mol. The van der Waals surface area contributed by atoms with Gasteiger partial charge in [0, 0.05) is 5.57 Å². The molecule has 1 saturated carbocycles. The van der Waals surface area contributed by atoms with Gasteiger partial charge in [-0.15, -0.1) is 0 Å². The molecular weight excluding hydrogens is 248 g/mol. The second-order valence-electron chi connectivity index (χ2n) is 5.49. The third kappa shape index (κ3) is 4.37. The Bertz CT molecular complexity index is 479. The lowest BCUT2D eigenvalue weighted by Gasteiger charge is -2.26. The molecule has 2 heteroatoms. The highest BCUT2D eigenvalue weighted by molar-refractivity contribution is 5.87. The second-order valence-corrected chi connectivity index (χ2v) is 5.49. The van der Waals surface area contributed by atoms with Crippen molar-refractivity contribution in [1.29, 1.82) is 0 Å². The second kappa shape index (κ2) is 7.09. The van der Waals surface area contributed by atoms with E-state index >= 15 is 0 Å². The van der Waals surface area contributed by atoms with E-state index in [1.807, 2.05) is 18.2 Å². The van der Waals surface area contributed by atoms with E-state index in [0.29, 0.717) is 11.5 Å². The predicted molar refractivity (Wildman–Crippen MR) is 82.1 cm³/mol. The van der Waals surface area contributed by atoms with Gasteiger partial charge in [-0.3, -0.25) is 0 Å². The molecule has 0 spiro atoms. The number of hydrogen-bond donors (Lipinski definition) is 0. The van der Waals surface area contributed by atoms with Crippen molar-refractivity contribution in [3.8, 4) is 0 Å². The van der Waals surface area contributed by atoms with Crippen LogP contribution >= 0.6 is 0 Å². The van der Waals surface area contributed by atoms with Crippen molar-refractivity contribution in [2.45, 2.75) is 38.7 Å². The van der Waals surface area contributed by atoms with Crippen LogP contribution in [0.15, 0.2) is 48.6 Å². The quantitative estimate of drug-likeness (QED) is 0.599. The van der Waals surface area contributed by atoms with E-state index in [1.54, 1.807) is 6.92 Å². The van der Waals surface area contributed by atoms with E-state index in [0.717, 1.165) is 25.7 Å². The van der Waals surface area contributed by atoms with E-state index < -0.39 is 0 Å². The third-order valence-corrected chi connectivity index (χ3v) is 3.70. The minimum Gasteiger partial charge on any atom is -0.459 e. The summed E-state index contributed by atoms with van der Waals surface area (Å²) in [5, 5.41) is 0. The molecule has 0 heterocycles. The molecule has 2 nitrogen and oxygen atoms in total. The molecule has 0 bridgehead atoms. The van der Waals surface area contributed by atoms with E-state index in [4.69, 9.17) is 4.74 Å². The summed E-state index contributed by atoms with van der Waals surface area (Å²) in [6.45, 7) is 5.30. The number of benzene rings is 1. The SMILES string of the molecule is C=C(C)C(=O)OC1CCC(C=Cc2ccccc2)CC1. The summed E-state index contributed by atoms with van der Waals surface area (Å²) >= 11 is 0. The van der Waals surface area contributed by atoms with Crippen LogP contribution in [0.25, 0.3) is 6.08 Å². The van der Waals surface area contributed by atoms with E-state index in [2.05, 4.69) is 30.9 Å². The van der Waals surface area contributed by atoms with Gasteiger partial charge >= 0.3 is 5.97 Å². The number of hydrogen-bond acceptors (Lipinski definition) is 2. The molecule has 1 fully saturated rings. The molecule has 1 aromatic carbocycles. The van der Waals surface area contributed by atoms with Crippen molar-refractivity contribution in [1.82, 2.24) is 0 Å². The highest BCUT2D eigenvalue weighted by Gasteiger charge is 2.22. The van der Waals surface area contributed by atoms with Gasteiger partial charge in [0.2, 0.25) is 0 Å². The van der Waals surface area contributed by atoms with Crippen molar-refractivity contribution in [3.63, 3.8) is 0 Å². The Morgan fingerprint density at radius 2 is 1.85 bits per heavy atom. The lowest BCUT2D eigenvalue weighted by Crippen LogP contribution is -2.24. The number of carbonyl (C=O) groups is 1. The van der Waals surface area contributed by atoms with Crippen molar-refractivity contribution in [3.05, 3.63) is 54.1 Å². The van der Waals surface area contributed by atoms with Crippen LogP contribution in [0, 0.1) is 5.92 Å². The standard InChI is InChI=1S/C18H22O2/c1-14(2)18(19)20-17-12-10-16(11-13-17)9-8-15-6-4-3-5-7-15/h3-9,16-17H,1,10-13H2,2H3. The topological polar surface area (TPSA) is 26.3 Å². The summed E-state index contributed by atoms with van der Waals surface area (Å²) in [5.74, 6) is 0.336. The maximum absolute atomic E-state index is 11.5. The third-order valence-electron chi connectivity index (χ3n) is 3.70. The van der Waals surface area contributed by atoms with Crippen LogP contribution in [0.5, 0.6) is 0 Å². The Hall–Kier alpha value is -1.83. The summed E-state index contributed by atoms with van der Waals surface area (Å²) in [6.07, 6.45) is 8.60. The number of esters is 1. The van der Waals surface area contributed by atoms with Crippen molar-refractivity contribution in [2.75, 3.05) is 0 Å². The fourth-order valence-electron chi connectivity index (χ4n) is 2.46. The molecule has 20 heavy (non-hydrogen) atoms. The Morgan fingerprint density at radius 1 is 1.20 bits per heavy atom. The fraction of sp³-hybridized carbons (Fsp3) is 0.389. The molecule has 0 unspecified atom stereocenters. The van der Waals surface area contributed by atoms with Gasteiger partial charge in [0.1, 0.15) is 6.10 Å². The smallest absolute Gasteiger partial charge is 0.333 e. The Kier molecular flexibility index (Phi) is 5.16. The normalized spacial score (nSPS) is 22.6. The summed E-state index contributed by atoms with van der Waals surface area (Å²) in [6, 6.07) is 10.3. The zero-order valence-corrected chi connectivity index (χ0v) is 12.0. The van der Waals surface area contributed by atoms with E-state index in [9.17, 15) is 4.79 Å². The van der Waals surface area contributed by atoms with Gasteiger partial charge in [-0.25, -0.2) is 4.79 Å². The molecule has 0 aliphatic heterocycles. The van der Waals surface area contributed by atoms with Crippen molar-refractivity contribution in [2.24, 2.45) is 5.92 Å². The Balaban J connectivity index is 1.78. The van der Waals surface area contributed by atoms with Crippen LogP contribution in [0.3, 0.4) is 0 Å². The molecule has 2 rings (SSSR count).